The van der Waals surface area contributed by atoms with E-state index in [2.05, 4.69) is 17.6 Å². The molecular formula is C18H33ClN2O. The van der Waals surface area contributed by atoms with Crippen molar-refractivity contribution in [2.75, 3.05) is 13.1 Å². The molecule has 128 valence electrons. The van der Waals surface area contributed by atoms with Gasteiger partial charge in [-0.3, -0.25) is 4.79 Å². The topological polar surface area (TPSA) is 41.1 Å². The summed E-state index contributed by atoms with van der Waals surface area (Å²) in [6, 6.07) is 0.515. The van der Waals surface area contributed by atoms with E-state index < -0.39 is 0 Å². The summed E-state index contributed by atoms with van der Waals surface area (Å²) in [5.74, 6) is 3.31. The van der Waals surface area contributed by atoms with Crippen molar-refractivity contribution >= 4 is 18.3 Å². The molecule has 0 aromatic heterocycles. The van der Waals surface area contributed by atoms with Crippen LogP contribution in [0, 0.1) is 23.7 Å². The second-order valence-corrected chi connectivity index (χ2v) is 7.74. The van der Waals surface area contributed by atoms with Crippen molar-refractivity contribution in [2.24, 2.45) is 23.7 Å². The Labute approximate surface area is 141 Å². The van der Waals surface area contributed by atoms with Gasteiger partial charge in [-0.2, -0.15) is 0 Å². The Kier molecular flexibility index (Phi) is 7.01. The van der Waals surface area contributed by atoms with Gasteiger partial charge in [0.05, 0.1) is 0 Å². The fourth-order valence-corrected chi connectivity index (χ4v) is 4.60. The molecule has 2 N–H and O–H groups in total. The van der Waals surface area contributed by atoms with Crippen molar-refractivity contribution in [3.8, 4) is 0 Å². The van der Waals surface area contributed by atoms with Gasteiger partial charge >= 0.3 is 0 Å². The molecule has 0 aromatic carbocycles. The molecule has 3 aliphatic rings. The molecule has 1 amide bonds. The van der Waals surface area contributed by atoms with E-state index in [9.17, 15) is 4.79 Å². The molecule has 3 atom stereocenters. The van der Waals surface area contributed by atoms with Crippen LogP contribution in [0.15, 0.2) is 0 Å². The van der Waals surface area contributed by atoms with Gasteiger partial charge in [-0.1, -0.05) is 39.0 Å². The standard InChI is InChI=1S/C18H32N2O.ClH/c1-13(14-7-9-19-10-8-14)11-18(21)20-17-12-16(17)15-5-3-2-4-6-15;/h13-17,19H,2-12H2,1H3,(H,20,21);1H. The first-order valence-corrected chi connectivity index (χ1v) is 9.24. The predicted molar refractivity (Wildman–Crippen MR) is 93.2 cm³/mol. The maximum Gasteiger partial charge on any atom is 0.220 e. The summed E-state index contributed by atoms with van der Waals surface area (Å²) in [7, 11) is 0. The fourth-order valence-electron chi connectivity index (χ4n) is 4.60. The largest absolute Gasteiger partial charge is 0.353 e. The average molecular weight is 329 g/mol. The van der Waals surface area contributed by atoms with Gasteiger partial charge in [-0.25, -0.2) is 0 Å². The monoisotopic (exact) mass is 328 g/mol. The van der Waals surface area contributed by atoms with Crippen LogP contribution in [0.25, 0.3) is 0 Å². The van der Waals surface area contributed by atoms with Crippen LogP contribution in [0.4, 0.5) is 0 Å². The number of hydrogen-bond acceptors (Lipinski definition) is 2. The first-order chi connectivity index (χ1) is 10.2. The average Bonchev–Trinajstić information content (AvgIpc) is 3.28. The highest BCUT2D eigenvalue weighted by Gasteiger charge is 2.43. The van der Waals surface area contributed by atoms with E-state index in [1.54, 1.807) is 0 Å². The van der Waals surface area contributed by atoms with E-state index in [4.69, 9.17) is 0 Å². The molecule has 1 aliphatic heterocycles. The Balaban J connectivity index is 0.00000176. The van der Waals surface area contributed by atoms with Crippen molar-refractivity contribution in [2.45, 2.75) is 70.8 Å². The molecule has 2 aliphatic carbocycles. The number of amides is 1. The molecule has 0 bridgehead atoms. The predicted octanol–water partition coefficient (Wildman–Crippen LogP) is 3.52. The highest BCUT2D eigenvalue weighted by Crippen LogP contribution is 2.44. The van der Waals surface area contributed by atoms with Crippen LogP contribution in [-0.2, 0) is 4.79 Å². The molecule has 3 unspecified atom stereocenters. The third kappa shape index (κ3) is 4.86. The molecule has 4 heteroatoms. The first kappa shape index (κ1) is 18.1. The SMILES string of the molecule is CC(CC(=O)NC1CC1C1CCCCC1)C1CCNCC1.Cl. The lowest BCUT2D eigenvalue weighted by atomic mass is 9.84. The zero-order chi connectivity index (χ0) is 14.7. The molecule has 1 heterocycles. The number of piperidine rings is 1. The molecule has 22 heavy (non-hydrogen) atoms. The van der Waals surface area contributed by atoms with Gasteiger partial charge < -0.3 is 10.6 Å². The van der Waals surface area contributed by atoms with E-state index >= 15 is 0 Å². The minimum atomic E-state index is 0. The van der Waals surface area contributed by atoms with Crippen molar-refractivity contribution in [3.63, 3.8) is 0 Å². The van der Waals surface area contributed by atoms with Gasteiger partial charge in [0.25, 0.3) is 0 Å². The fraction of sp³-hybridized carbons (Fsp3) is 0.944. The summed E-state index contributed by atoms with van der Waals surface area (Å²) < 4.78 is 0. The molecule has 2 saturated carbocycles. The summed E-state index contributed by atoms with van der Waals surface area (Å²) in [4.78, 5) is 12.2. The van der Waals surface area contributed by atoms with E-state index in [0.717, 1.165) is 37.3 Å². The van der Waals surface area contributed by atoms with Crippen molar-refractivity contribution in [1.29, 1.82) is 0 Å². The van der Waals surface area contributed by atoms with Crippen molar-refractivity contribution in [1.82, 2.24) is 10.6 Å². The third-order valence-electron chi connectivity index (χ3n) is 6.14. The number of carbonyl (C=O) groups excluding carboxylic acids is 1. The van der Waals surface area contributed by atoms with Crippen LogP contribution in [0.1, 0.15) is 64.7 Å². The Morgan fingerprint density at radius 3 is 2.50 bits per heavy atom. The van der Waals surface area contributed by atoms with Gasteiger partial charge in [0.1, 0.15) is 0 Å². The summed E-state index contributed by atoms with van der Waals surface area (Å²) in [6.45, 7) is 4.52. The van der Waals surface area contributed by atoms with Gasteiger partial charge in [0.15, 0.2) is 0 Å². The van der Waals surface area contributed by atoms with Gasteiger partial charge in [-0.05, 0) is 56.0 Å². The molecular weight excluding hydrogens is 296 g/mol. The number of rotatable bonds is 5. The van der Waals surface area contributed by atoms with Crippen molar-refractivity contribution in [3.05, 3.63) is 0 Å². The van der Waals surface area contributed by atoms with Crippen LogP contribution in [-0.4, -0.2) is 25.0 Å². The van der Waals surface area contributed by atoms with Crippen LogP contribution in [0.5, 0.6) is 0 Å². The summed E-state index contributed by atoms with van der Waals surface area (Å²) >= 11 is 0. The van der Waals surface area contributed by atoms with E-state index in [1.807, 2.05) is 0 Å². The second kappa shape index (κ2) is 8.54. The molecule has 3 fully saturated rings. The summed E-state index contributed by atoms with van der Waals surface area (Å²) in [6.07, 6.45) is 11.5. The zero-order valence-corrected chi connectivity index (χ0v) is 14.8. The number of halogens is 1. The normalized spacial score (nSPS) is 31.1. The maximum atomic E-state index is 12.2. The van der Waals surface area contributed by atoms with Gasteiger partial charge in [-0.15, -0.1) is 12.4 Å². The van der Waals surface area contributed by atoms with E-state index in [-0.39, 0.29) is 12.4 Å². The van der Waals surface area contributed by atoms with E-state index in [0.29, 0.717) is 17.9 Å². The lowest BCUT2D eigenvalue weighted by molar-refractivity contribution is -0.122. The van der Waals surface area contributed by atoms with Gasteiger partial charge in [0, 0.05) is 12.5 Å². The van der Waals surface area contributed by atoms with Gasteiger partial charge in [0.2, 0.25) is 5.91 Å². The first-order valence-electron chi connectivity index (χ1n) is 9.24. The molecule has 1 saturated heterocycles. The van der Waals surface area contributed by atoms with Crippen molar-refractivity contribution < 1.29 is 4.79 Å². The number of carbonyl (C=O) groups is 1. The lowest BCUT2D eigenvalue weighted by Gasteiger charge is -2.28. The molecule has 3 rings (SSSR count). The summed E-state index contributed by atoms with van der Waals surface area (Å²) in [5, 5.41) is 6.72. The third-order valence-corrected chi connectivity index (χ3v) is 6.14. The number of hydrogen-bond donors (Lipinski definition) is 2. The molecule has 3 nitrogen and oxygen atoms in total. The Morgan fingerprint density at radius 2 is 1.82 bits per heavy atom. The lowest BCUT2D eigenvalue weighted by Crippen LogP contribution is -2.34. The molecule has 0 radical (unpaired) electrons. The van der Waals surface area contributed by atoms with E-state index in [1.165, 1.54) is 51.4 Å². The van der Waals surface area contributed by atoms with Crippen LogP contribution in [0.2, 0.25) is 0 Å². The Morgan fingerprint density at radius 1 is 1.14 bits per heavy atom. The minimum Gasteiger partial charge on any atom is -0.353 e. The highest BCUT2D eigenvalue weighted by atomic mass is 35.5. The zero-order valence-electron chi connectivity index (χ0n) is 14.0. The van der Waals surface area contributed by atoms with Crippen LogP contribution >= 0.6 is 12.4 Å². The Bertz CT molecular complexity index is 351. The maximum absolute atomic E-state index is 12.2. The number of nitrogens with one attached hydrogen (secondary N) is 2. The van der Waals surface area contributed by atoms with Crippen LogP contribution < -0.4 is 10.6 Å². The second-order valence-electron chi connectivity index (χ2n) is 7.74. The summed E-state index contributed by atoms with van der Waals surface area (Å²) in [5.41, 5.74) is 0. The highest BCUT2D eigenvalue weighted by molar-refractivity contribution is 5.85. The quantitative estimate of drug-likeness (QED) is 0.810. The Hall–Kier alpha value is -0.280. The van der Waals surface area contributed by atoms with Crippen LogP contribution in [0.3, 0.4) is 0 Å². The smallest absolute Gasteiger partial charge is 0.220 e. The molecule has 0 aromatic rings. The molecule has 0 spiro atoms. The minimum absolute atomic E-state index is 0.